The quantitative estimate of drug-likeness (QED) is 0.502. The van der Waals surface area contributed by atoms with Crippen LogP contribution in [0.4, 0.5) is 0 Å². The van der Waals surface area contributed by atoms with Crippen LogP contribution in [-0.2, 0) is 27.9 Å². The number of rotatable bonds is 7. The fourth-order valence-electron chi connectivity index (χ4n) is 3.78. The highest BCUT2D eigenvalue weighted by Crippen LogP contribution is 2.28. The maximum Gasteiger partial charge on any atom is 0.261 e. The van der Waals surface area contributed by atoms with Gasteiger partial charge in [0, 0.05) is 33.8 Å². The van der Waals surface area contributed by atoms with Crippen LogP contribution in [0.25, 0.3) is 10.9 Å². The summed E-state index contributed by atoms with van der Waals surface area (Å²) in [4.78, 5) is 45.9. The molecule has 0 saturated carbocycles. The third kappa shape index (κ3) is 5.02. The van der Waals surface area contributed by atoms with Gasteiger partial charge >= 0.3 is 0 Å². The number of hydrogen-bond acceptors (Lipinski definition) is 7. The zero-order chi connectivity index (χ0) is 23.5. The number of benzene rings is 1. The molecule has 1 atom stereocenters. The van der Waals surface area contributed by atoms with Gasteiger partial charge in [0.25, 0.3) is 11.5 Å². The van der Waals surface area contributed by atoms with Crippen molar-refractivity contribution in [2.45, 2.75) is 12.6 Å². The first-order valence-corrected chi connectivity index (χ1v) is 11.5. The first kappa shape index (κ1) is 23.2. The van der Waals surface area contributed by atoms with Gasteiger partial charge in [0.2, 0.25) is 5.91 Å². The minimum absolute atomic E-state index is 0.0775. The van der Waals surface area contributed by atoms with Crippen LogP contribution in [0.3, 0.4) is 0 Å². The van der Waals surface area contributed by atoms with Gasteiger partial charge in [-0.1, -0.05) is 29.0 Å². The topological polar surface area (TPSA) is 94.0 Å². The van der Waals surface area contributed by atoms with Crippen molar-refractivity contribution in [1.82, 2.24) is 19.4 Å². The van der Waals surface area contributed by atoms with Crippen LogP contribution in [0.1, 0.15) is 5.56 Å². The highest BCUT2D eigenvalue weighted by atomic mass is 35.5. The number of methoxy groups -OCH3 is 1. The number of amides is 2. The Balaban J connectivity index is 1.47. The van der Waals surface area contributed by atoms with E-state index in [2.05, 4.69) is 4.98 Å². The van der Waals surface area contributed by atoms with E-state index in [4.69, 9.17) is 21.1 Å². The second kappa shape index (κ2) is 9.90. The minimum atomic E-state index is -0.748. The molecule has 33 heavy (non-hydrogen) atoms. The summed E-state index contributed by atoms with van der Waals surface area (Å²) in [5.41, 5.74) is 1.27. The molecule has 3 heterocycles. The number of halogens is 1. The lowest BCUT2D eigenvalue weighted by Crippen LogP contribution is -2.60. The number of hydrogen-bond donors (Lipinski definition) is 0. The van der Waals surface area contributed by atoms with Crippen LogP contribution >= 0.6 is 22.9 Å². The lowest BCUT2D eigenvalue weighted by Gasteiger charge is -2.40. The molecule has 0 N–H and O–H groups in total. The zero-order valence-electron chi connectivity index (χ0n) is 18.2. The van der Waals surface area contributed by atoms with Crippen LogP contribution in [0.5, 0.6) is 5.06 Å². The zero-order valence-corrected chi connectivity index (χ0v) is 19.8. The molecular formula is C22H23ClN4O5S. The van der Waals surface area contributed by atoms with Gasteiger partial charge in [0.05, 0.1) is 28.2 Å². The Morgan fingerprint density at radius 2 is 2.06 bits per heavy atom. The second-order valence-corrected chi connectivity index (χ2v) is 9.36. The molecule has 4 rings (SSSR count). The van der Waals surface area contributed by atoms with Crippen LogP contribution in [0.15, 0.2) is 41.5 Å². The predicted molar refractivity (Wildman–Crippen MR) is 125 cm³/mol. The van der Waals surface area contributed by atoms with E-state index >= 15 is 0 Å². The lowest BCUT2D eigenvalue weighted by molar-refractivity contribution is -0.155. The molecule has 1 aliphatic rings. The first-order chi connectivity index (χ1) is 15.9. The predicted octanol–water partition coefficient (Wildman–Crippen LogP) is 1.91. The van der Waals surface area contributed by atoms with Crippen LogP contribution in [-0.4, -0.2) is 70.6 Å². The lowest BCUT2D eigenvalue weighted by atomic mass is 10.1. The molecule has 1 fully saturated rings. The van der Waals surface area contributed by atoms with Gasteiger partial charge in [0.15, 0.2) is 11.7 Å². The van der Waals surface area contributed by atoms with Gasteiger partial charge in [-0.2, -0.15) is 0 Å². The molecule has 11 heteroatoms. The Morgan fingerprint density at radius 3 is 2.79 bits per heavy atom. The Labute approximate surface area is 199 Å². The molecule has 1 saturated heterocycles. The highest BCUT2D eigenvalue weighted by molar-refractivity contribution is 7.17. The molecule has 1 unspecified atom stereocenters. The molecule has 1 aliphatic heterocycles. The summed E-state index contributed by atoms with van der Waals surface area (Å²) < 4.78 is 12.8. The van der Waals surface area contributed by atoms with Crippen molar-refractivity contribution in [3.05, 3.63) is 56.9 Å². The number of thiophene rings is 1. The molecule has 2 amide bonds. The summed E-state index contributed by atoms with van der Waals surface area (Å²) in [6, 6.07) is 8.04. The number of aromatic nitrogens is 2. The van der Waals surface area contributed by atoms with Crippen LogP contribution in [0.2, 0.25) is 4.34 Å². The van der Waals surface area contributed by atoms with Crippen molar-refractivity contribution in [3.63, 3.8) is 0 Å². The van der Waals surface area contributed by atoms with Gasteiger partial charge in [-0.05, 0) is 29.8 Å². The summed E-state index contributed by atoms with van der Waals surface area (Å²) in [6.45, 7) is 0.918. The number of carbonyl (C=O) groups excluding carboxylic acids is 2. The van der Waals surface area contributed by atoms with E-state index in [9.17, 15) is 14.4 Å². The largest absolute Gasteiger partial charge is 0.474 e. The van der Waals surface area contributed by atoms with Gasteiger partial charge < -0.3 is 23.8 Å². The van der Waals surface area contributed by atoms with Crippen molar-refractivity contribution in [2.24, 2.45) is 7.05 Å². The number of aryl methyl sites for hydroxylation is 1. The number of nitrogens with zero attached hydrogens (tertiary/aromatic N) is 4. The van der Waals surface area contributed by atoms with E-state index in [1.807, 2.05) is 6.07 Å². The average Bonchev–Trinajstić information content (AvgIpc) is 3.23. The van der Waals surface area contributed by atoms with Crippen molar-refractivity contribution in [1.29, 1.82) is 0 Å². The van der Waals surface area contributed by atoms with Gasteiger partial charge in [-0.25, -0.2) is 4.98 Å². The molecule has 1 aromatic carbocycles. The minimum Gasteiger partial charge on any atom is -0.474 e. The summed E-state index contributed by atoms with van der Waals surface area (Å²) in [7, 11) is 3.14. The standard InChI is InChI=1S/C22H23ClN4O5S/c1-25-13-24-16-4-3-14(9-15(16)21(25)29)10-26-7-8-27(17(11-31-2)22(26)30)19(28)12-32-20-6-5-18(23)33-20/h3-6,9,13,17H,7-8,10-12H2,1-2H3. The molecule has 9 nitrogen and oxygen atoms in total. The normalized spacial score (nSPS) is 16.5. The molecule has 0 spiro atoms. The van der Waals surface area contributed by atoms with Gasteiger partial charge in [0.1, 0.15) is 6.04 Å². The Bertz CT molecular complexity index is 1240. The van der Waals surface area contributed by atoms with Crippen molar-refractivity contribution in [3.8, 4) is 5.06 Å². The fraction of sp³-hybridized carbons (Fsp3) is 0.364. The first-order valence-electron chi connectivity index (χ1n) is 10.3. The summed E-state index contributed by atoms with van der Waals surface area (Å²) in [6.07, 6.45) is 1.48. The van der Waals surface area contributed by atoms with E-state index in [1.165, 1.54) is 34.2 Å². The molecule has 0 radical (unpaired) electrons. The van der Waals surface area contributed by atoms with Crippen molar-refractivity contribution in [2.75, 3.05) is 33.4 Å². The molecule has 0 aliphatic carbocycles. The van der Waals surface area contributed by atoms with E-state index in [-0.39, 0.29) is 30.6 Å². The maximum absolute atomic E-state index is 13.2. The van der Waals surface area contributed by atoms with Crippen molar-refractivity contribution < 1.29 is 19.1 Å². The van der Waals surface area contributed by atoms with E-state index < -0.39 is 6.04 Å². The summed E-state index contributed by atoms with van der Waals surface area (Å²) in [5.74, 6) is -0.510. The van der Waals surface area contributed by atoms with E-state index in [1.54, 1.807) is 36.2 Å². The second-order valence-electron chi connectivity index (χ2n) is 7.68. The third-order valence-corrected chi connectivity index (χ3v) is 6.61. The Morgan fingerprint density at radius 1 is 1.24 bits per heavy atom. The smallest absolute Gasteiger partial charge is 0.261 e. The number of fused-ring (bicyclic) bond motifs is 1. The SMILES string of the molecule is COCC1C(=O)N(Cc2ccc3ncn(C)c(=O)c3c2)CCN1C(=O)COc1ccc(Cl)s1. The molecular weight excluding hydrogens is 468 g/mol. The average molecular weight is 491 g/mol. The maximum atomic E-state index is 13.2. The van der Waals surface area contributed by atoms with Gasteiger partial charge in [-0.3, -0.25) is 14.4 Å². The molecule has 3 aromatic rings. The fourth-order valence-corrected chi connectivity index (χ4v) is 4.65. The van der Waals surface area contributed by atoms with Crippen molar-refractivity contribution >= 4 is 45.7 Å². The van der Waals surface area contributed by atoms with Crippen LogP contribution < -0.4 is 10.3 Å². The number of ether oxygens (including phenoxy) is 2. The number of piperazine rings is 1. The third-order valence-electron chi connectivity index (χ3n) is 5.47. The van der Waals surface area contributed by atoms with Gasteiger partial charge in [-0.15, -0.1) is 0 Å². The Kier molecular flexibility index (Phi) is 6.96. The molecule has 174 valence electrons. The van der Waals surface area contributed by atoms with E-state index in [0.717, 1.165) is 5.56 Å². The number of carbonyl (C=O) groups is 2. The van der Waals surface area contributed by atoms with Crippen LogP contribution in [0, 0.1) is 0 Å². The molecule has 0 bridgehead atoms. The summed E-state index contributed by atoms with van der Waals surface area (Å²) in [5, 5.41) is 1.04. The molecule has 2 aromatic heterocycles. The van der Waals surface area contributed by atoms with E-state index in [0.29, 0.717) is 39.9 Å². The highest BCUT2D eigenvalue weighted by Gasteiger charge is 2.37. The summed E-state index contributed by atoms with van der Waals surface area (Å²) >= 11 is 7.13. The monoisotopic (exact) mass is 490 g/mol. The Hall–Kier alpha value is -2.95.